The van der Waals surface area contributed by atoms with Gasteiger partial charge in [0.25, 0.3) is 0 Å². The second-order valence-corrected chi connectivity index (χ2v) is 4.72. The summed E-state index contributed by atoms with van der Waals surface area (Å²) in [6, 6.07) is 9.79. The highest BCUT2D eigenvalue weighted by molar-refractivity contribution is 5.44. The zero-order chi connectivity index (χ0) is 14.5. The van der Waals surface area contributed by atoms with E-state index in [1.54, 1.807) is 6.20 Å². The predicted molar refractivity (Wildman–Crippen MR) is 79.5 cm³/mol. The Kier molecular flexibility index (Phi) is 4.21. The summed E-state index contributed by atoms with van der Waals surface area (Å²) in [6.07, 6.45) is 1.78. The quantitative estimate of drug-likeness (QED) is 0.884. The fraction of sp³-hybridized carbons (Fsp3) is 0.312. The van der Waals surface area contributed by atoms with Gasteiger partial charge in [0.15, 0.2) is 11.5 Å². The van der Waals surface area contributed by atoms with Gasteiger partial charge >= 0.3 is 0 Å². The van der Waals surface area contributed by atoms with Gasteiger partial charge in [-0.1, -0.05) is 12.1 Å². The van der Waals surface area contributed by atoms with E-state index in [2.05, 4.69) is 10.3 Å². The summed E-state index contributed by atoms with van der Waals surface area (Å²) in [5.74, 6) is 2.46. The van der Waals surface area contributed by atoms with Crippen LogP contribution in [0, 0.1) is 0 Å². The van der Waals surface area contributed by atoms with Crippen molar-refractivity contribution < 1.29 is 14.2 Å². The Balaban J connectivity index is 1.59. The van der Waals surface area contributed by atoms with Crippen LogP contribution in [0.4, 0.5) is 5.82 Å². The molecule has 0 unspecified atom stereocenters. The number of nitrogens with zero attached hydrogens (tertiary/aromatic N) is 1. The molecule has 0 saturated heterocycles. The summed E-state index contributed by atoms with van der Waals surface area (Å²) in [5.41, 5.74) is 2.12. The van der Waals surface area contributed by atoms with Crippen LogP contribution >= 0.6 is 0 Å². The van der Waals surface area contributed by atoms with Crippen molar-refractivity contribution in [3.63, 3.8) is 0 Å². The molecule has 2 heterocycles. The maximum atomic E-state index is 5.78. The van der Waals surface area contributed by atoms with Crippen LogP contribution in [-0.4, -0.2) is 18.3 Å². The Morgan fingerprint density at radius 3 is 3.00 bits per heavy atom. The zero-order valence-corrected chi connectivity index (χ0v) is 12.0. The molecule has 0 aliphatic carbocycles. The van der Waals surface area contributed by atoms with Crippen molar-refractivity contribution in [2.75, 3.05) is 18.7 Å². The first kappa shape index (κ1) is 13.7. The molecule has 0 atom stereocenters. The topological polar surface area (TPSA) is 52.6 Å². The number of rotatable bonds is 6. The highest BCUT2D eigenvalue weighted by Gasteiger charge is 2.13. The summed E-state index contributed by atoms with van der Waals surface area (Å²) in [5, 5.41) is 3.23. The minimum absolute atomic E-state index is 0.293. The van der Waals surface area contributed by atoms with Gasteiger partial charge in [-0.05, 0) is 30.7 Å². The first-order valence-electron chi connectivity index (χ1n) is 7.01. The lowest BCUT2D eigenvalue weighted by Gasteiger charge is -2.10. The highest BCUT2D eigenvalue weighted by Crippen LogP contribution is 2.32. The monoisotopic (exact) mass is 286 g/mol. The second-order valence-electron chi connectivity index (χ2n) is 4.72. The van der Waals surface area contributed by atoms with Crippen LogP contribution in [0.5, 0.6) is 11.5 Å². The molecule has 110 valence electrons. The number of anilines is 1. The summed E-state index contributed by atoms with van der Waals surface area (Å²) < 4.78 is 16.4. The summed E-state index contributed by atoms with van der Waals surface area (Å²) in [4.78, 5) is 4.31. The van der Waals surface area contributed by atoms with Crippen LogP contribution in [0.3, 0.4) is 0 Å². The lowest BCUT2D eigenvalue weighted by atomic mass is 10.2. The van der Waals surface area contributed by atoms with E-state index >= 15 is 0 Å². The molecule has 5 heteroatoms. The normalized spacial score (nSPS) is 12.4. The van der Waals surface area contributed by atoms with E-state index in [1.807, 2.05) is 37.3 Å². The molecule has 0 bridgehead atoms. The maximum absolute atomic E-state index is 5.78. The molecule has 1 aromatic heterocycles. The van der Waals surface area contributed by atoms with E-state index in [-0.39, 0.29) is 0 Å². The average molecular weight is 286 g/mol. The van der Waals surface area contributed by atoms with E-state index in [4.69, 9.17) is 14.2 Å². The minimum atomic E-state index is 0.293. The fourth-order valence-electron chi connectivity index (χ4n) is 2.19. The van der Waals surface area contributed by atoms with Crippen molar-refractivity contribution >= 4 is 5.82 Å². The SMILES string of the molecule is CCNc1ncccc1COCc1ccc2c(c1)OCO2. The third-order valence-electron chi connectivity index (χ3n) is 3.20. The van der Waals surface area contributed by atoms with Crippen molar-refractivity contribution in [1.29, 1.82) is 0 Å². The molecule has 0 fully saturated rings. The van der Waals surface area contributed by atoms with Gasteiger partial charge in [-0.3, -0.25) is 0 Å². The summed E-state index contributed by atoms with van der Waals surface area (Å²) in [6.45, 7) is 4.22. The molecule has 0 spiro atoms. The molecule has 21 heavy (non-hydrogen) atoms. The molecule has 2 aromatic rings. The Bertz CT molecular complexity index is 616. The number of benzene rings is 1. The Morgan fingerprint density at radius 2 is 2.10 bits per heavy atom. The molecule has 1 aliphatic heterocycles. The number of ether oxygens (including phenoxy) is 3. The maximum Gasteiger partial charge on any atom is 0.231 e. The number of hydrogen-bond acceptors (Lipinski definition) is 5. The van der Waals surface area contributed by atoms with Crippen molar-refractivity contribution in [3.05, 3.63) is 47.7 Å². The minimum Gasteiger partial charge on any atom is -0.454 e. The third kappa shape index (κ3) is 3.25. The summed E-state index contributed by atoms with van der Waals surface area (Å²) in [7, 11) is 0. The van der Waals surface area contributed by atoms with Gasteiger partial charge in [-0.15, -0.1) is 0 Å². The Morgan fingerprint density at radius 1 is 1.19 bits per heavy atom. The smallest absolute Gasteiger partial charge is 0.231 e. The Labute approximate surface area is 123 Å². The second kappa shape index (κ2) is 6.45. The first-order chi connectivity index (χ1) is 10.4. The highest BCUT2D eigenvalue weighted by atomic mass is 16.7. The van der Waals surface area contributed by atoms with Gasteiger partial charge in [0.1, 0.15) is 5.82 Å². The van der Waals surface area contributed by atoms with Crippen LogP contribution in [0.1, 0.15) is 18.1 Å². The van der Waals surface area contributed by atoms with Crippen molar-refractivity contribution in [1.82, 2.24) is 4.98 Å². The predicted octanol–water partition coefficient (Wildman–Crippen LogP) is 2.96. The molecule has 0 saturated carbocycles. The lowest BCUT2D eigenvalue weighted by molar-refractivity contribution is 0.107. The van der Waals surface area contributed by atoms with Crippen LogP contribution in [0.15, 0.2) is 36.5 Å². The van der Waals surface area contributed by atoms with Crippen LogP contribution < -0.4 is 14.8 Å². The Hall–Kier alpha value is -2.27. The van der Waals surface area contributed by atoms with Crippen molar-refractivity contribution in [2.24, 2.45) is 0 Å². The van der Waals surface area contributed by atoms with Crippen LogP contribution in [0.2, 0.25) is 0 Å². The van der Waals surface area contributed by atoms with Gasteiger partial charge in [-0.2, -0.15) is 0 Å². The van der Waals surface area contributed by atoms with E-state index in [9.17, 15) is 0 Å². The van der Waals surface area contributed by atoms with Crippen molar-refractivity contribution in [2.45, 2.75) is 20.1 Å². The molecule has 3 rings (SSSR count). The fourth-order valence-corrected chi connectivity index (χ4v) is 2.19. The number of nitrogens with one attached hydrogen (secondary N) is 1. The number of hydrogen-bond donors (Lipinski definition) is 1. The van der Waals surface area contributed by atoms with Crippen LogP contribution in [0.25, 0.3) is 0 Å². The largest absolute Gasteiger partial charge is 0.454 e. The van der Waals surface area contributed by atoms with Gasteiger partial charge in [0, 0.05) is 18.3 Å². The van der Waals surface area contributed by atoms with E-state index in [0.29, 0.717) is 20.0 Å². The molecule has 1 N–H and O–H groups in total. The zero-order valence-electron chi connectivity index (χ0n) is 12.0. The van der Waals surface area contributed by atoms with Gasteiger partial charge < -0.3 is 19.5 Å². The average Bonchev–Trinajstić information content (AvgIpc) is 2.97. The van der Waals surface area contributed by atoms with E-state index < -0.39 is 0 Å². The first-order valence-corrected chi connectivity index (χ1v) is 7.01. The molecule has 0 amide bonds. The number of pyridine rings is 1. The molecule has 1 aliphatic rings. The summed E-state index contributed by atoms with van der Waals surface area (Å²) >= 11 is 0. The molecular formula is C16H18N2O3. The third-order valence-corrected chi connectivity index (χ3v) is 3.20. The number of aromatic nitrogens is 1. The van der Waals surface area contributed by atoms with E-state index in [1.165, 1.54) is 0 Å². The molecule has 0 radical (unpaired) electrons. The molecule has 1 aromatic carbocycles. The lowest BCUT2D eigenvalue weighted by Crippen LogP contribution is -2.04. The van der Waals surface area contributed by atoms with E-state index in [0.717, 1.165) is 35.0 Å². The molecule has 5 nitrogen and oxygen atoms in total. The van der Waals surface area contributed by atoms with Gasteiger partial charge in [0.2, 0.25) is 6.79 Å². The van der Waals surface area contributed by atoms with Gasteiger partial charge in [0.05, 0.1) is 13.2 Å². The van der Waals surface area contributed by atoms with Crippen molar-refractivity contribution in [3.8, 4) is 11.5 Å². The number of fused-ring (bicyclic) bond motifs is 1. The molecular weight excluding hydrogens is 268 g/mol. The van der Waals surface area contributed by atoms with Crippen LogP contribution in [-0.2, 0) is 18.0 Å². The van der Waals surface area contributed by atoms with Gasteiger partial charge in [-0.25, -0.2) is 4.98 Å². The standard InChI is InChI=1S/C16H18N2O3/c1-2-17-16-13(4-3-7-18-16)10-19-9-12-5-6-14-15(8-12)21-11-20-14/h3-8H,2,9-11H2,1H3,(H,17,18).